The summed E-state index contributed by atoms with van der Waals surface area (Å²) in [4.78, 5) is 31.7. The molecule has 0 unspecified atom stereocenters. The fourth-order valence-electron chi connectivity index (χ4n) is 2.77. The maximum absolute atomic E-state index is 10.8. The number of ketones is 2. The summed E-state index contributed by atoms with van der Waals surface area (Å²) >= 11 is 0. The number of rotatable bonds is 28. The van der Waals surface area contributed by atoms with Crippen molar-refractivity contribution in [2.24, 2.45) is 0 Å². The average Bonchev–Trinajstić information content (AvgIpc) is 3.00. The molecule has 266 valence electrons. The molecule has 0 aromatic rings. The number of hydrogen-bond donors (Lipinski definition) is 5. The molecule has 1 amide bonds. The van der Waals surface area contributed by atoms with Crippen LogP contribution in [0, 0.1) is 0 Å². The second kappa shape index (κ2) is 48.4. The number of nitrogens with one attached hydrogen (secondary N) is 5. The van der Waals surface area contributed by atoms with E-state index in [4.69, 9.17) is 18.9 Å². The second-order valence-corrected chi connectivity index (χ2v) is 9.89. The number of amides is 1. The number of ether oxygens (including phenoxy) is 4. The highest BCUT2D eigenvalue weighted by Crippen LogP contribution is 1.92. The van der Waals surface area contributed by atoms with Crippen molar-refractivity contribution < 1.29 is 33.3 Å². The summed E-state index contributed by atoms with van der Waals surface area (Å²) < 4.78 is 20.9. The molecule has 0 spiro atoms. The van der Waals surface area contributed by atoms with Crippen molar-refractivity contribution in [2.45, 2.75) is 79.1 Å². The monoisotopic (exact) mass is 638 g/mol. The van der Waals surface area contributed by atoms with Crippen LogP contribution in [-0.2, 0) is 33.3 Å². The number of carbonyl (C=O) groups excluding carboxylic acids is 3. The van der Waals surface area contributed by atoms with Gasteiger partial charge in [0.15, 0.2) is 0 Å². The van der Waals surface area contributed by atoms with Crippen LogP contribution in [0.3, 0.4) is 0 Å². The Morgan fingerprint density at radius 3 is 1.30 bits per heavy atom. The molecular formula is C32H71N5O7. The summed E-state index contributed by atoms with van der Waals surface area (Å²) in [7, 11) is 7.65. The molecule has 0 aromatic heterocycles. The van der Waals surface area contributed by atoms with Crippen LogP contribution < -0.4 is 26.6 Å². The molecule has 0 aliphatic heterocycles. The van der Waals surface area contributed by atoms with Crippen LogP contribution in [-0.4, -0.2) is 131 Å². The van der Waals surface area contributed by atoms with Gasteiger partial charge in [-0.15, -0.1) is 0 Å². The Labute approximate surface area is 270 Å². The fourth-order valence-corrected chi connectivity index (χ4v) is 2.77. The zero-order chi connectivity index (χ0) is 33.9. The number of likely N-dealkylation sites (N-methyl/N-ethyl adjacent to an activating group) is 2. The van der Waals surface area contributed by atoms with Crippen molar-refractivity contribution >= 4 is 17.5 Å². The second-order valence-electron chi connectivity index (χ2n) is 9.89. The van der Waals surface area contributed by atoms with E-state index >= 15 is 0 Å². The van der Waals surface area contributed by atoms with Gasteiger partial charge >= 0.3 is 0 Å². The van der Waals surface area contributed by atoms with E-state index in [2.05, 4.69) is 33.5 Å². The predicted molar refractivity (Wildman–Crippen MR) is 182 cm³/mol. The Bertz CT molecular complexity index is 567. The van der Waals surface area contributed by atoms with Gasteiger partial charge in [0.25, 0.3) is 0 Å². The zero-order valence-electron chi connectivity index (χ0n) is 29.7. The summed E-state index contributed by atoms with van der Waals surface area (Å²) in [6, 6.07) is 0. The third kappa shape index (κ3) is 63.7. The van der Waals surface area contributed by atoms with Gasteiger partial charge in [-0.2, -0.15) is 0 Å². The van der Waals surface area contributed by atoms with Crippen LogP contribution in [0.25, 0.3) is 0 Å². The van der Waals surface area contributed by atoms with Gasteiger partial charge in [-0.25, -0.2) is 0 Å². The summed E-state index contributed by atoms with van der Waals surface area (Å²) in [5.74, 6) is 0.540. The SMILES string of the molecule is CCC(=O)NCCCOCCCNC.CCCOCCNC.CNCCCOCCCC(C)=O.CNCCOCCC(C)=O. The van der Waals surface area contributed by atoms with Gasteiger partial charge in [-0.1, -0.05) is 13.8 Å². The lowest BCUT2D eigenvalue weighted by molar-refractivity contribution is -0.121. The number of carbonyl (C=O) groups is 3. The Morgan fingerprint density at radius 1 is 0.477 bits per heavy atom. The lowest BCUT2D eigenvalue weighted by Gasteiger charge is -2.05. The van der Waals surface area contributed by atoms with E-state index in [0.29, 0.717) is 39.1 Å². The largest absolute Gasteiger partial charge is 0.381 e. The molecule has 0 fully saturated rings. The summed E-state index contributed by atoms with van der Waals surface area (Å²) in [5, 5.41) is 14.8. The summed E-state index contributed by atoms with van der Waals surface area (Å²) in [5.41, 5.74) is 0. The van der Waals surface area contributed by atoms with E-state index in [1.807, 2.05) is 35.1 Å². The molecule has 12 heteroatoms. The minimum absolute atomic E-state index is 0.111. The molecule has 0 heterocycles. The van der Waals surface area contributed by atoms with Gasteiger partial charge in [0.1, 0.15) is 11.6 Å². The van der Waals surface area contributed by atoms with Gasteiger partial charge in [0, 0.05) is 71.9 Å². The molecule has 0 aliphatic carbocycles. The molecule has 5 N–H and O–H groups in total. The molecule has 0 saturated carbocycles. The molecule has 0 saturated heterocycles. The summed E-state index contributed by atoms with van der Waals surface area (Å²) in [6.07, 6.45) is 6.68. The van der Waals surface area contributed by atoms with Crippen molar-refractivity contribution in [3.8, 4) is 0 Å². The van der Waals surface area contributed by atoms with Crippen LogP contribution in [0.4, 0.5) is 0 Å². The van der Waals surface area contributed by atoms with E-state index in [-0.39, 0.29) is 17.5 Å². The first-order valence-corrected chi connectivity index (χ1v) is 16.4. The van der Waals surface area contributed by atoms with E-state index < -0.39 is 0 Å². The van der Waals surface area contributed by atoms with Crippen molar-refractivity contribution in [3.63, 3.8) is 0 Å². The third-order valence-corrected chi connectivity index (χ3v) is 5.30. The molecule has 12 nitrogen and oxygen atoms in total. The normalized spacial score (nSPS) is 10.0. The maximum Gasteiger partial charge on any atom is 0.219 e. The Kier molecular flexibility index (Phi) is 54.3. The molecule has 0 atom stereocenters. The first-order valence-electron chi connectivity index (χ1n) is 16.4. The van der Waals surface area contributed by atoms with Crippen LogP contribution >= 0.6 is 0 Å². The van der Waals surface area contributed by atoms with Gasteiger partial charge in [-0.05, 0) is 87.2 Å². The molecule has 0 bridgehead atoms. The highest BCUT2D eigenvalue weighted by molar-refractivity contribution is 5.76. The zero-order valence-corrected chi connectivity index (χ0v) is 29.7. The standard InChI is InChI=1S/C10H22N2O2.C9H19NO2.C7H15NO2.C6H15NO/c1-3-10(13)12-7-5-9-14-8-4-6-11-2;1-9(11)5-3-7-12-8-4-6-10-2;1-7(9)3-5-10-6-4-8-2;1-3-5-8-6-4-7-2/h11H,3-9H2,1-2H3,(H,12,13);10H,3-8H2,1-2H3;8H,3-6H2,1-2H3;7H,3-6H2,1-2H3. The highest BCUT2D eigenvalue weighted by atomic mass is 16.5. The Morgan fingerprint density at radius 2 is 0.886 bits per heavy atom. The van der Waals surface area contributed by atoms with Crippen molar-refractivity contribution in [2.75, 3.05) is 114 Å². The number of Topliss-reactive ketones (excluding diaryl/α,β-unsaturated/α-hetero) is 2. The van der Waals surface area contributed by atoms with Crippen LogP contribution in [0.5, 0.6) is 0 Å². The lowest BCUT2D eigenvalue weighted by atomic mass is 10.2. The van der Waals surface area contributed by atoms with Crippen molar-refractivity contribution in [1.29, 1.82) is 0 Å². The third-order valence-electron chi connectivity index (χ3n) is 5.30. The molecular weight excluding hydrogens is 566 g/mol. The van der Waals surface area contributed by atoms with Crippen molar-refractivity contribution in [1.82, 2.24) is 26.6 Å². The van der Waals surface area contributed by atoms with E-state index in [0.717, 1.165) is 97.9 Å². The fraction of sp³-hybridized carbons (Fsp3) is 0.906. The minimum Gasteiger partial charge on any atom is -0.381 e. The molecule has 0 rings (SSSR count). The first kappa shape index (κ1) is 49.4. The topological polar surface area (TPSA) is 148 Å². The summed E-state index contributed by atoms with van der Waals surface area (Å²) in [6.45, 7) is 17.6. The molecule has 0 radical (unpaired) electrons. The minimum atomic E-state index is 0.111. The van der Waals surface area contributed by atoms with E-state index in [1.54, 1.807) is 13.8 Å². The van der Waals surface area contributed by atoms with Crippen molar-refractivity contribution in [3.05, 3.63) is 0 Å². The quantitative estimate of drug-likeness (QED) is 0.0806. The van der Waals surface area contributed by atoms with Gasteiger partial charge < -0.3 is 50.3 Å². The predicted octanol–water partition coefficient (Wildman–Crippen LogP) is 2.34. The van der Waals surface area contributed by atoms with E-state index in [9.17, 15) is 14.4 Å². The van der Waals surface area contributed by atoms with Gasteiger partial charge in [-0.3, -0.25) is 9.59 Å². The smallest absolute Gasteiger partial charge is 0.219 e. The Balaban J connectivity index is -0.000000247. The average molecular weight is 638 g/mol. The van der Waals surface area contributed by atoms with Crippen LogP contribution in [0.2, 0.25) is 0 Å². The number of hydrogen-bond acceptors (Lipinski definition) is 11. The lowest BCUT2D eigenvalue weighted by Crippen LogP contribution is -2.24. The van der Waals surface area contributed by atoms with E-state index in [1.165, 1.54) is 0 Å². The van der Waals surface area contributed by atoms with Gasteiger partial charge in [0.2, 0.25) is 5.91 Å². The van der Waals surface area contributed by atoms with Gasteiger partial charge in [0.05, 0.1) is 19.8 Å². The highest BCUT2D eigenvalue weighted by Gasteiger charge is 1.95. The Hall–Kier alpha value is -1.51. The van der Waals surface area contributed by atoms with Crippen LogP contribution in [0.15, 0.2) is 0 Å². The first-order chi connectivity index (χ1) is 21.3. The molecule has 0 aromatic carbocycles. The molecule has 0 aliphatic rings. The molecule has 44 heavy (non-hydrogen) atoms. The maximum atomic E-state index is 10.8. The van der Waals surface area contributed by atoms with Crippen LogP contribution in [0.1, 0.15) is 79.1 Å².